The van der Waals surface area contributed by atoms with Crippen LogP contribution in [-0.4, -0.2) is 0 Å². The third kappa shape index (κ3) is 3.35. The first-order chi connectivity index (χ1) is 6.63. The van der Waals surface area contributed by atoms with Gasteiger partial charge in [-0.1, -0.05) is 35.7 Å². The molecule has 0 aliphatic heterocycles. The second-order valence-electron chi connectivity index (χ2n) is 2.97. The molecule has 2 atom stereocenters. The molecule has 76 valence electrons. The van der Waals surface area contributed by atoms with Crippen molar-refractivity contribution in [3.8, 4) is 0 Å². The highest BCUT2D eigenvalue weighted by Crippen LogP contribution is 2.22. The summed E-state index contributed by atoms with van der Waals surface area (Å²) in [6.45, 7) is 2.01. The van der Waals surface area contributed by atoms with Crippen LogP contribution in [0.2, 0.25) is 5.02 Å². The highest BCUT2D eigenvalue weighted by atomic mass is 35.5. The fraction of sp³-hybridized carbons (Fsp3) is 0.333. The molecule has 5 heteroatoms. The van der Waals surface area contributed by atoms with Crippen LogP contribution in [0.5, 0.6) is 0 Å². The van der Waals surface area contributed by atoms with Crippen molar-refractivity contribution < 1.29 is 4.57 Å². The van der Waals surface area contributed by atoms with Crippen LogP contribution in [0.15, 0.2) is 24.3 Å². The molecule has 2 unspecified atom stereocenters. The number of halogens is 1. The van der Waals surface area contributed by atoms with Crippen LogP contribution < -0.4 is 10.6 Å². The lowest BCUT2D eigenvalue weighted by Crippen LogP contribution is -2.15. The number of benzene rings is 1. The predicted molar refractivity (Wildman–Crippen MR) is 59.4 cm³/mol. The quantitative estimate of drug-likeness (QED) is 0.784. The maximum atomic E-state index is 10.8. The normalized spacial score (nSPS) is 13.8. The van der Waals surface area contributed by atoms with Crippen molar-refractivity contribution in [1.29, 1.82) is 0 Å². The van der Waals surface area contributed by atoms with Gasteiger partial charge in [-0.3, -0.25) is 0 Å². The van der Waals surface area contributed by atoms with Gasteiger partial charge in [-0.15, -0.1) is 5.50 Å². The molecule has 0 aromatic heterocycles. The number of rotatable bonds is 4. The molecule has 0 saturated heterocycles. The third-order valence-electron chi connectivity index (χ3n) is 1.96. The van der Waals surface area contributed by atoms with Gasteiger partial charge >= 0.3 is 8.10 Å². The molecule has 1 aromatic carbocycles. The van der Waals surface area contributed by atoms with E-state index in [4.69, 9.17) is 17.1 Å². The summed E-state index contributed by atoms with van der Waals surface area (Å²) in [5, 5.41) is 3.50. The maximum absolute atomic E-state index is 10.8. The minimum Gasteiger partial charge on any atom is -0.104 e. The van der Waals surface area contributed by atoms with E-state index in [0.29, 0.717) is 5.02 Å². The van der Waals surface area contributed by atoms with Crippen LogP contribution in [0.3, 0.4) is 0 Å². The van der Waals surface area contributed by atoms with Gasteiger partial charge in [-0.2, -0.15) is 0 Å². The predicted octanol–water partition coefficient (Wildman–Crippen LogP) is 3.00. The molecule has 14 heavy (non-hydrogen) atoms. The van der Waals surface area contributed by atoms with E-state index in [-0.39, 0.29) is 6.04 Å². The number of nitrogens with one attached hydrogen (secondary N) is 1. The van der Waals surface area contributed by atoms with Crippen molar-refractivity contribution in [3.63, 3.8) is 0 Å². The van der Waals surface area contributed by atoms with E-state index in [1.807, 2.05) is 31.2 Å². The first-order valence-corrected chi connectivity index (χ1v) is 6.07. The highest BCUT2D eigenvalue weighted by molar-refractivity contribution is 7.39. The van der Waals surface area contributed by atoms with Gasteiger partial charge in [-0.25, -0.2) is 0 Å². The van der Waals surface area contributed by atoms with Crippen LogP contribution in [0.25, 0.3) is 0 Å². The zero-order valence-electron chi connectivity index (χ0n) is 7.90. The molecule has 0 heterocycles. The van der Waals surface area contributed by atoms with E-state index < -0.39 is 8.10 Å². The van der Waals surface area contributed by atoms with Crippen molar-refractivity contribution >= 4 is 19.7 Å². The fourth-order valence-electron chi connectivity index (χ4n) is 1.25. The molecule has 1 rings (SSSR count). The molecule has 0 saturated carbocycles. The Bertz CT molecular complexity index is 315. The zero-order valence-corrected chi connectivity index (χ0v) is 9.55. The summed E-state index contributed by atoms with van der Waals surface area (Å²) in [5.74, 6) is 0. The molecule has 0 aliphatic rings. The van der Waals surface area contributed by atoms with E-state index in [2.05, 4.69) is 5.09 Å². The van der Waals surface area contributed by atoms with Crippen LogP contribution in [-0.2, 0) is 4.57 Å². The standard InChI is InChI=1S/C9H13ClN2OP/c1-2-9(12-14(11)13)7-3-5-8(10)6-4-7/h3-6,9H,2H2,1H3,(H3,11,12,13)/q+1. The Hall–Kier alpha value is -0.470. The average molecular weight is 232 g/mol. The lowest BCUT2D eigenvalue weighted by molar-refractivity contribution is 0.558. The summed E-state index contributed by atoms with van der Waals surface area (Å²) in [7, 11) is -1.81. The molecule has 0 amide bonds. The smallest absolute Gasteiger partial charge is 0.104 e. The van der Waals surface area contributed by atoms with Crippen LogP contribution in [0.4, 0.5) is 0 Å². The molecule has 0 bridgehead atoms. The summed E-state index contributed by atoms with van der Waals surface area (Å²) in [6, 6.07) is 7.46. The summed E-state index contributed by atoms with van der Waals surface area (Å²) in [6.07, 6.45) is 0.833. The number of hydrogen-bond acceptors (Lipinski definition) is 1. The molecule has 0 radical (unpaired) electrons. The van der Waals surface area contributed by atoms with Crippen LogP contribution >= 0.6 is 19.7 Å². The van der Waals surface area contributed by atoms with E-state index in [1.165, 1.54) is 0 Å². The Kier molecular flexibility index (Phi) is 4.49. The lowest BCUT2D eigenvalue weighted by atomic mass is 10.1. The molecular formula is C9H13ClN2OP+. The van der Waals surface area contributed by atoms with E-state index in [0.717, 1.165) is 12.0 Å². The molecule has 0 spiro atoms. The second kappa shape index (κ2) is 5.42. The van der Waals surface area contributed by atoms with Gasteiger partial charge in [0.05, 0.1) is 6.04 Å². The second-order valence-corrected chi connectivity index (χ2v) is 4.31. The van der Waals surface area contributed by atoms with Gasteiger partial charge in [0.25, 0.3) is 0 Å². The minimum atomic E-state index is -1.81. The van der Waals surface area contributed by atoms with Crippen molar-refractivity contribution in [3.05, 3.63) is 34.9 Å². The maximum Gasteiger partial charge on any atom is 0.529 e. The summed E-state index contributed by atoms with van der Waals surface area (Å²) in [4.78, 5) is 0. The molecule has 0 aliphatic carbocycles. The highest BCUT2D eigenvalue weighted by Gasteiger charge is 2.17. The monoisotopic (exact) mass is 231 g/mol. The van der Waals surface area contributed by atoms with Gasteiger partial charge in [0.1, 0.15) is 0 Å². The first kappa shape index (κ1) is 11.6. The molecular weight excluding hydrogens is 219 g/mol. The van der Waals surface area contributed by atoms with Crippen molar-refractivity contribution in [2.24, 2.45) is 5.50 Å². The number of nitrogens with two attached hydrogens (primary N) is 1. The van der Waals surface area contributed by atoms with Crippen LogP contribution in [0.1, 0.15) is 24.9 Å². The summed E-state index contributed by atoms with van der Waals surface area (Å²) >= 11 is 5.76. The summed E-state index contributed by atoms with van der Waals surface area (Å²) < 4.78 is 10.8. The van der Waals surface area contributed by atoms with Gasteiger partial charge in [-0.05, 0) is 28.7 Å². The molecule has 3 N–H and O–H groups in total. The van der Waals surface area contributed by atoms with Gasteiger partial charge in [0.15, 0.2) is 0 Å². The molecule has 1 aromatic rings. The first-order valence-electron chi connectivity index (χ1n) is 4.37. The SMILES string of the molecule is CCC(N[P+](N)=O)c1ccc(Cl)cc1. The Morgan fingerprint density at radius 3 is 2.50 bits per heavy atom. The van der Waals surface area contributed by atoms with Crippen LogP contribution in [0, 0.1) is 0 Å². The lowest BCUT2D eigenvalue weighted by Gasteiger charge is -2.09. The zero-order chi connectivity index (χ0) is 10.6. The van der Waals surface area contributed by atoms with E-state index in [1.54, 1.807) is 0 Å². The Balaban J connectivity index is 2.78. The van der Waals surface area contributed by atoms with Gasteiger partial charge in [0.2, 0.25) is 0 Å². The Morgan fingerprint density at radius 1 is 1.50 bits per heavy atom. The topological polar surface area (TPSA) is 55.1 Å². The summed E-state index contributed by atoms with van der Waals surface area (Å²) in [5.41, 5.74) is 6.26. The average Bonchev–Trinajstić information content (AvgIpc) is 2.15. The third-order valence-corrected chi connectivity index (χ3v) is 2.78. The number of hydrogen-bond donors (Lipinski definition) is 2. The fourth-order valence-corrected chi connectivity index (χ4v) is 2.02. The Labute approximate surface area is 89.5 Å². The van der Waals surface area contributed by atoms with Crippen molar-refractivity contribution in [2.75, 3.05) is 0 Å². The molecule has 3 nitrogen and oxygen atoms in total. The largest absolute Gasteiger partial charge is 0.529 e. The Morgan fingerprint density at radius 2 is 2.07 bits per heavy atom. The minimum absolute atomic E-state index is 0.0286. The van der Waals surface area contributed by atoms with Gasteiger partial charge in [0, 0.05) is 5.02 Å². The van der Waals surface area contributed by atoms with Crippen molar-refractivity contribution in [2.45, 2.75) is 19.4 Å². The molecule has 0 fully saturated rings. The van der Waals surface area contributed by atoms with Gasteiger partial charge < -0.3 is 0 Å². The van der Waals surface area contributed by atoms with E-state index in [9.17, 15) is 4.57 Å². The van der Waals surface area contributed by atoms with Crippen molar-refractivity contribution in [1.82, 2.24) is 5.09 Å². The van der Waals surface area contributed by atoms with E-state index >= 15 is 0 Å².